The number of carbonyl (C=O) groups excluding carboxylic acids is 1. The topological polar surface area (TPSA) is 82.5 Å². The number of aromatic nitrogens is 2. The molecular weight excluding hydrogens is 422 g/mol. The van der Waals surface area contributed by atoms with Crippen LogP contribution in [0.3, 0.4) is 0 Å². The van der Waals surface area contributed by atoms with Crippen LogP contribution in [-0.2, 0) is 16.1 Å². The Morgan fingerprint density at radius 2 is 2.07 bits per heavy atom. The smallest absolute Gasteiger partial charge is 0.263 e. The van der Waals surface area contributed by atoms with E-state index in [2.05, 4.69) is 10.3 Å². The average molecular weight is 448 g/mol. The van der Waals surface area contributed by atoms with Crippen molar-refractivity contribution in [3.8, 4) is 5.75 Å². The number of thiophene rings is 1. The van der Waals surface area contributed by atoms with Gasteiger partial charge in [0.15, 0.2) is 5.16 Å². The number of amides is 1. The van der Waals surface area contributed by atoms with Gasteiger partial charge in [-0.25, -0.2) is 4.98 Å². The van der Waals surface area contributed by atoms with E-state index in [0.29, 0.717) is 46.6 Å². The van der Waals surface area contributed by atoms with Gasteiger partial charge in [0.2, 0.25) is 5.91 Å². The van der Waals surface area contributed by atoms with Gasteiger partial charge in [-0.1, -0.05) is 23.9 Å². The Labute approximate surface area is 183 Å². The number of benzene rings is 1. The van der Waals surface area contributed by atoms with Gasteiger partial charge in [-0.3, -0.25) is 14.2 Å². The van der Waals surface area contributed by atoms with Gasteiger partial charge in [-0.05, 0) is 38.5 Å². The van der Waals surface area contributed by atoms with Crippen LogP contribution in [0.15, 0.2) is 34.2 Å². The number of hydrogen-bond donors (Lipinski definition) is 1. The largest absolute Gasteiger partial charge is 0.492 e. The SMILES string of the molecule is CCOc1ccccc1NC(=O)CSc1nc2sc(C)c(C)c2c(=O)n1CCOC. The summed E-state index contributed by atoms with van der Waals surface area (Å²) in [6, 6.07) is 7.30. The predicted molar refractivity (Wildman–Crippen MR) is 122 cm³/mol. The van der Waals surface area contributed by atoms with Crippen molar-refractivity contribution < 1.29 is 14.3 Å². The van der Waals surface area contributed by atoms with Crippen LogP contribution in [0.4, 0.5) is 5.69 Å². The van der Waals surface area contributed by atoms with Gasteiger partial charge in [-0.15, -0.1) is 11.3 Å². The summed E-state index contributed by atoms with van der Waals surface area (Å²) in [5.74, 6) is 0.548. The monoisotopic (exact) mass is 447 g/mol. The van der Waals surface area contributed by atoms with Crippen molar-refractivity contribution in [3.63, 3.8) is 0 Å². The molecule has 0 radical (unpaired) electrons. The molecule has 1 amide bonds. The molecule has 0 aliphatic carbocycles. The fraction of sp³-hybridized carbons (Fsp3) is 0.381. The molecule has 3 aromatic rings. The number of para-hydroxylation sites is 2. The van der Waals surface area contributed by atoms with Crippen molar-refractivity contribution in [2.45, 2.75) is 32.5 Å². The maximum atomic E-state index is 13.1. The van der Waals surface area contributed by atoms with Crippen molar-refractivity contribution in [2.24, 2.45) is 0 Å². The normalized spacial score (nSPS) is 11.1. The van der Waals surface area contributed by atoms with E-state index >= 15 is 0 Å². The molecule has 0 aliphatic rings. The Hall–Kier alpha value is -2.36. The average Bonchev–Trinajstić information content (AvgIpc) is 3.01. The van der Waals surface area contributed by atoms with Crippen molar-refractivity contribution in [2.75, 3.05) is 31.4 Å². The van der Waals surface area contributed by atoms with Gasteiger partial charge in [-0.2, -0.15) is 0 Å². The Morgan fingerprint density at radius 3 is 2.80 bits per heavy atom. The molecule has 30 heavy (non-hydrogen) atoms. The number of aryl methyl sites for hydroxylation is 2. The zero-order chi connectivity index (χ0) is 21.7. The highest BCUT2D eigenvalue weighted by molar-refractivity contribution is 7.99. The second-order valence-electron chi connectivity index (χ2n) is 6.57. The summed E-state index contributed by atoms with van der Waals surface area (Å²) in [5, 5.41) is 4.03. The summed E-state index contributed by atoms with van der Waals surface area (Å²) in [6.45, 7) is 7.09. The molecular formula is C21H25N3O4S2. The standard InChI is InChI=1S/C21H25N3O4S2/c1-5-28-16-9-7-6-8-15(16)22-17(25)12-29-21-23-19-18(13(2)14(3)30-19)20(26)24(21)10-11-27-4/h6-9H,5,10-12H2,1-4H3,(H,22,25). The molecule has 0 saturated heterocycles. The molecule has 7 nitrogen and oxygen atoms in total. The fourth-order valence-electron chi connectivity index (χ4n) is 2.97. The maximum Gasteiger partial charge on any atom is 0.263 e. The van der Waals surface area contributed by atoms with Crippen LogP contribution < -0.4 is 15.6 Å². The highest BCUT2D eigenvalue weighted by Crippen LogP contribution is 2.29. The first-order valence-electron chi connectivity index (χ1n) is 9.60. The Kier molecular flexibility index (Phi) is 7.52. The second kappa shape index (κ2) is 10.1. The molecule has 0 unspecified atom stereocenters. The van der Waals surface area contributed by atoms with Crippen LogP contribution in [0.2, 0.25) is 0 Å². The molecule has 3 rings (SSSR count). The minimum absolute atomic E-state index is 0.0940. The Bertz CT molecular complexity index is 1110. The van der Waals surface area contributed by atoms with Crippen LogP contribution in [0.25, 0.3) is 10.2 Å². The molecule has 1 N–H and O–H groups in total. The summed E-state index contributed by atoms with van der Waals surface area (Å²) in [6.07, 6.45) is 0. The zero-order valence-electron chi connectivity index (χ0n) is 17.5. The third-order valence-corrected chi connectivity index (χ3v) is 6.64. The second-order valence-corrected chi connectivity index (χ2v) is 8.72. The molecule has 0 fully saturated rings. The summed E-state index contributed by atoms with van der Waals surface area (Å²) >= 11 is 2.74. The number of nitrogens with one attached hydrogen (secondary N) is 1. The van der Waals surface area contributed by atoms with Crippen LogP contribution in [0.5, 0.6) is 5.75 Å². The summed E-state index contributed by atoms with van der Waals surface area (Å²) in [5.41, 5.74) is 1.48. The van der Waals surface area contributed by atoms with Gasteiger partial charge >= 0.3 is 0 Å². The van der Waals surface area contributed by atoms with Crippen LogP contribution >= 0.6 is 23.1 Å². The lowest BCUT2D eigenvalue weighted by molar-refractivity contribution is -0.113. The van der Waals surface area contributed by atoms with Crippen LogP contribution in [-0.4, -0.2) is 41.5 Å². The van der Waals surface area contributed by atoms with Crippen molar-refractivity contribution in [1.82, 2.24) is 9.55 Å². The minimum atomic E-state index is -0.196. The summed E-state index contributed by atoms with van der Waals surface area (Å²) in [7, 11) is 1.59. The van der Waals surface area contributed by atoms with Gasteiger partial charge < -0.3 is 14.8 Å². The Morgan fingerprint density at radius 1 is 1.30 bits per heavy atom. The molecule has 160 valence electrons. The van der Waals surface area contributed by atoms with E-state index in [-0.39, 0.29) is 17.2 Å². The quantitative estimate of drug-likeness (QED) is 0.396. The number of hydrogen-bond acceptors (Lipinski definition) is 7. The van der Waals surface area contributed by atoms with Gasteiger partial charge in [0, 0.05) is 12.0 Å². The first kappa shape index (κ1) is 22.3. The van der Waals surface area contributed by atoms with Gasteiger partial charge in [0.25, 0.3) is 5.56 Å². The number of thioether (sulfide) groups is 1. The third-order valence-electron chi connectivity index (χ3n) is 4.57. The molecule has 0 spiro atoms. The lowest BCUT2D eigenvalue weighted by atomic mass is 10.2. The van der Waals surface area contributed by atoms with Crippen molar-refractivity contribution in [3.05, 3.63) is 45.1 Å². The van der Waals surface area contributed by atoms with Crippen LogP contribution in [0.1, 0.15) is 17.4 Å². The highest BCUT2D eigenvalue weighted by atomic mass is 32.2. The number of nitrogens with zero attached hydrogens (tertiary/aromatic N) is 2. The molecule has 1 aromatic carbocycles. The van der Waals surface area contributed by atoms with E-state index in [1.807, 2.05) is 39.0 Å². The van der Waals surface area contributed by atoms with Crippen molar-refractivity contribution in [1.29, 1.82) is 0 Å². The number of anilines is 1. The fourth-order valence-corrected chi connectivity index (χ4v) is 4.86. The number of ether oxygens (including phenoxy) is 2. The molecule has 0 aliphatic heterocycles. The first-order valence-corrected chi connectivity index (χ1v) is 11.4. The number of methoxy groups -OCH3 is 1. The highest BCUT2D eigenvalue weighted by Gasteiger charge is 2.18. The van der Waals surface area contributed by atoms with E-state index in [1.165, 1.54) is 23.1 Å². The van der Waals surface area contributed by atoms with E-state index in [1.54, 1.807) is 17.7 Å². The maximum absolute atomic E-state index is 13.1. The third kappa shape index (κ3) is 4.85. The van der Waals surface area contributed by atoms with E-state index in [0.717, 1.165) is 10.4 Å². The van der Waals surface area contributed by atoms with E-state index in [4.69, 9.17) is 9.47 Å². The Balaban J connectivity index is 1.83. The predicted octanol–water partition coefficient (Wildman–Crippen LogP) is 3.85. The number of fused-ring (bicyclic) bond motifs is 1. The van der Waals surface area contributed by atoms with Gasteiger partial charge in [0.1, 0.15) is 10.6 Å². The summed E-state index contributed by atoms with van der Waals surface area (Å²) < 4.78 is 12.3. The molecule has 0 atom stereocenters. The summed E-state index contributed by atoms with van der Waals surface area (Å²) in [4.78, 5) is 32.1. The molecule has 0 bridgehead atoms. The number of carbonyl (C=O) groups is 1. The van der Waals surface area contributed by atoms with Gasteiger partial charge in [0.05, 0.1) is 36.6 Å². The van der Waals surface area contributed by atoms with Crippen LogP contribution in [0, 0.1) is 13.8 Å². The lowest BCUT2D eigenvalue weighted by Gasteiger charge is -2.13. The number of rotatable bonds is 9. The first-order chi connectivity index (χ1) is 14.5. The minimum Gasteiger partial charge on any atom is -0.492 e. The lowest BCUT2D eigenvalue weighted by Crippen LogP contribution is -2.26. The molecule has 2 aromatic heterocycles. The molecule has 2 heterocycles. The van der Waals surface area contributed by atoms with E-state index < -0.39 is 0 Å². The molecule has 9 heteroatoms. The van der Waals surface area contributed by atoms with Crippen molar-refractivity contribution >= 4 is 44.9 Å². The zero-order valence-corrected chi connectivity index (χ0v) is 19.1. The molecule has 0 saturated carbocycles. The van der Waals surface area contributed by atoms with E-state index in [9.17, 15) is 9.59 Å².